The van der Waals surface area contributed by atoms with Crippen molar-refractivity contribution in [2.45, 2.75) is 39.2 Å². The molecule has 20 heavy (non-hydrogen) atoms. The van der Waals surface area contributed by atoms with Gasteiger partial charge in [-0.15, -0.1) is 11.3 Å². The van der Waals surface area contributed by atoms with Gasteiger partial charge in [-0.3, -0.25) is 4.79 Å². The van der Waals surface area contributed by atoms with E-state index in [1.54, 1.807) is 11.3 Å². The molecule has 2 rings (SSSR count). The van der Waals surface area contributed by atoms with Crippen molar-refractivity contribution < 1.29 is 9.53 Å². The fraction of sp³-hybridized carbons (Fsp3) is 0.714. The second-order valence-corrected chi connectivity index (χ2v) is 7.46. The number of ether oxygens (including phenoxy) is 1. The van der Waals surface area contributed by atoms with Crippen molar-refractivity contribution in [2.75, 3.05) is 29.6 Å². The molecule has 1 fully saturated rings. The van der Waals surface area contributed by atoms with Gasteiger partial charge in [0.05, 0.1) is 12.3 Å². The predicted molar refractivity (Wildman–Crippen MR) is 85.9 cm³/mol. The van der Waals surface area contributed by atoms with Crippen LogP contribution in [0, 0.1) is 0 Å². The molecule has 1 saturated heterocycles. The normalized spacial score (nSPS) is 20.0. The van der Waals surface area contributed by atoms with E-state index in [1.807, 2.05) is 37.9 Å². The Morgan fingerprint density at radius 3 is 3.00 bits per heavy atom. The molecule has 0 aromatic carbocycles. The van der Waals surface area contributed by atoms with Crippen LogP contribution in [0.3, 0.4) is 0 Å². The zero-order valence-electron chi connectivity index (χ0n) is 12.5. The first-order valence-electron chi connectivity index (χ1n) is 6.94. The van der Waals surface area contributed by atoms with Gasteiger partial charge < -0.3 is 9.64 Å². The number of carbonyl (C=O) groups is 1. The van der Waals surface area contributed by atoms with E-state index in [0.717, 1.165) is 28.9 Å². The lowest BCUT2D eigenvalue weighted by atomic mass is 9.90. The van der Waals surface area contributed by atoms with Gasteiger partial charge in [0.2, 0.25) is 0 Å². The van der Waals surface area contributed by atoms with Crippen LogP contribution in [-0.4, -0.2) is 41.7 Å². The van der Waals surface area contributed by atoms with Crippen LogP contribution in [0.25, 0.3) is 0 Å². The lowest BCUT2D eigenvalue weighted by Crippen LogP contribution is -2.40. The quantitative estimate of drug-likeness (QED) is 0.799. The fourth-order valence-corrected chi connectivity index (χ4v) is 4.25. The molecule has 0 bridgehead atoms. The van der Waals surface area contributed by atoms with Crippen LogP contribution in [0.4, 0.5) is 5.13 Å². The number of aromatic nitrogens is 1. The largest absolute Gasteiger partial charge is 0.465 e. The van der Waals surface area contributed by atoms with Crippen LogP contribution in [-0.2, 0) is 14.9 Å². The maximum Gasteiger partial charge on any atom is 0.317 e. The van der Waals surface area contributed by atoms with E-state index in [1.165, 1.54) is 0 Å². The average Bonchev–Trinajstić information content (AvgIpc) is 2.89. The summed E-state index contributed by atoms with van der Waals surface area (Å²) >= 11 is 3.61. The van der Waals surface area contributed by atoms with Gasteiger partial charge in [-0.05, 0) is 27.7 Å². The second kappa shape index (κ2) is 6.35. The summed E-state index contributed by atoms with van der Waals surface area (Å²) in [6.45, 7) is 9.23. The number of rotatable bonds is 4. The molecule has 0 radical (unpaired) electrons. The molecule has 0 N–H and O–H groups in total. The molecule has 0 spiro atoms. The zero-order valence-corrected chi connectivity index (χ0v) is 14.1. The maximum absolute atomic E-state index is 12.0. The molecule has 4 nitrogen and oxygen atoms in total. The third-order valence-corrected chi connectivity index (χ3v) is 5.60. The number of hydrogen-bond acceptors (Lipinski definition) is 6. The van der Waals surface area contributed by atoms with Crippen LogP contribution in [0.2, 0.25) is 0 Å². The minimum absolute atomic E-state index is 0.209. The van der Waals surface area contributed by atoms with Crippen LogP contribution in [0.15, 0.2) is 5.38 Å². The van der Waals surface area contributed by atoms with E-state index in [-0.39, 0.29) is 5.97 Å². The van der Waals surface area contributed by atoms with Crippen molar-refractivity contribution in [3.8, 4) is 0 Å². The monoisotopic (exact) mass is 314 g/mol. The van der Waals surface area contributed by atoms with Gasteiger partial charge in [-0.25, -0.2) is 4.98 Å². The van der Waals surface area contributed by atoms with Crippen molar-refractivity contribution in [1.82, 2.24) is 4.98 Å². The number of thioether (sulfide) groups is 1. The summed E-state index contributed by atoms with van der Waals surface area (Å²) in [5.41, 5.74) is 0.125. The van der Waals surface area contributed by atoms with Crippen molar-refractivity contribution in [3.63, 3.8) is 0 Å². The summed E-state index contributed by atoms with van der Waals surface area (Å²) in [6.07, 6.45) is 0. The molecule has 1 atom stereocenters. The molecular formula is C14H22N2O2S2. The smallest absolute Gasteiger partial charge is 0.317 e. The molecule has 1 unspecified atom stereocenters. The van der Waals surface area contributed by atoms with Gasteiger partial charge in [0, 0.05) is 29.5 Å². The highest BCUT2D eigenvalue weighted by atomic mass is 32.2. The molecule has 1 aromatic rings. The van der Waals surface area contributed by atoms with E-state index in [4.69, 9.17) is 9.72 Å². The van der Waals surface area contributed by atoms with E-state index >= 15 is 0 Å². The van der Waals surface area contributed by atoms with Gasteiger partial charge in [-0.1, -0.05) is 0 Å². The molecule has 112 valence electrons. The minimum atomic E-state index is -0.682. The number of carbonyl (C=O) groups excluding carboxylic acids is 1. The second-order valence-electron chi connectivity index (χ2n) is 5.48. The van der Waals surface area contributed by atoms with E-state index in [9.17, 15) is 4.79 Å². The predicted octanol–water partition coefficient (Wildman–Crippen LogP) is 2.93. The summed E-state index contributed by atoms with van der Waals surface area (Å²) in [6, 6.07) is 0.499. The maximum atomic E-state index is 12.0. The fourth-order valence-electron chi connectivity index (χ4n) is 2.11. The van der Waals surface area contributed by atoms with Gasteiger partial charge in [-0.2, -0.15) is 11.8 Å². The Morgan fingerprint density at radius 1 is 1.60 bits per heavy atom. The standard InChI is InChI=1S/C14H22N2O2S2/c1-5-18-12(17)14(3,4)11-9-20-13(15-11)16-6-7-19-8-10(16)2/h9-10H,5-8H2,1-4H3. The van der Waals surface area contributed by atoms with E-state index < -0.39 is 5.41 Å². The van der Waals surface area contributed by atoms with E-state index in [2.05, 4.69) is 11.8 Å². The van der Waals surface area contributed by atoms with Crippen LogP contribution >= 0.6 is 23.1 Å². The lowest BCUT2D eigenvalue weighted by Gasteiger charge is -2.32. The summed E-state index contributed by atoms with van der Waals surface area (Å²) in [5.74, 6) is 2.07. The van der Waals surface area contributed by atoms with Gasteiger partial charge in [0.25, 0.3) is 0 Å². The SMILES string of the molecule is CCOC(=O)C(C)(C)c1csc(N2CCSCC2C)n1. The molecule has 1 aliphatic heterocycles. The Kier molecular flexibility index (Phi) is 4.96. The van der Waals surface area contributed by atoms with Crippen molar-refractivity contribution in [3.05, 3.63) is 11.1 Å². The zero-order chi connectivity index (χ0) is 14.8. The Hall–Kier alpha value is -0.750. The summed E-state index contributed by atoms with van der Waals surface area (Å²) < 4.78 is 5.15. The highest BCUT2D eigenvalue weighted by molar-refractivity contribution is 7.99. The third-order valence-electron chi connectivity index (χ3n) is 3.53. The average molecular weight is 314 g/mol. The Morgan fingerprint density at radius 2 is 2.35 bits per heavy atom. The number of anilines is 1. The highest BCUT2D eigenvalue weighted by Crippen LogP contribution is 2.32. The molecule has 1 aliphatic rings. The molecule has 0 aliphatic carbocycles. The van der Waals surface area contributed by atoms with Gasteiger partial charge >= 0.3 is 5.97 Å². The number of hydrogen-bond donors (Lipinski definition) is 0. The van der Waals surface area contributed by atoms with Crippen molar-refractivity contribution >= 4 is 34.2 Å². The summed E-state index contributed by atoms with van der Waals surface area (Å²) in [7, 11) is 0. The van der Waals surface area contributed by atoms with Crippen molar-refractivity contribution in [2.24, 2.45) is 0 Å². The third kappa shape index (κ3) is 3.11. The lowest BCUT2D eigenvalue weighted by molar-refractivity contribution is -0.148. The minimum Gasteiger partial charge on any atom is -0.465 e. The number of esters is 1. The van der Waals surface area contributed by atoms with E-state index in [0.29, 0.717) is 12.6 Å². The molecular weight excluding hydrogens is 292 g/mol. The Balaban J connectivity index is 2.17. The Labute approximate surface area is 128 Å². The summed E-state index contributed by atoms with van der Waals surface area (Å²) in [4.78, 5) is 19.1. The number of nitrogens with zero attached hydrogens (tertiary/aromatic N) is 2. The Bertz CT molecular complexity index is 473. The molecule has 1 aromatic heterocycles. The van der Waals surface area contributed by atoms with Crippen LogP contribution < -0.4 is 4.90 Å². The molecule has 2 heterocycles. The summed E-state index contributed by atoms with van der Waals surface area (Å²) in [5, 5.41) is 3.01. The molecule has 0 amide bonds. The topological polar surface area (TPSA) is 42.4 Å². The van der Waals surface area contributed by atoms with Gasteiger partial charge in [0.1, 0.15) is 5.41 Å². The first kappa shape index (κ1) is 15.6. The first-order chi connectivity index (χ1) is 9.46. The number of thiazole rings is 1. The molecule has 0 saturated carbocycles. The van der Waals surface area contributed by atoms with Crippen molar-refractivity contribution in [1.29, 1.82) is 0 Å². The van der Waals surface area contributed by atoms with Crippen LogP contribution in [0.5, 0.6) is 0 Å². The van der Waals surface area contributed by atoms with Crippen LogP contribution in [0.1, 0.15) is 33.4 Å². The first-order valence-corrected chi connectivity index (χ1v) is 8.98. The van der Waals surface area contributed by atoms with Gasteiger partial charge in [0.15, 0.2) is 5.13 Å². The highest BCUT2D eigenvalue weighted by Gasteiger charge is 2.34. The molecule has 6 heteroatoms.